The Morgan fingerprint density at radius 1 is 1.03 bits per heavy atom. The van der Waals surface area contributed by atoms with Gasteiger partial charge in [-0.2, -0.15) is 0 Å². The van der Waals surface area contributed by atoms with Crippen molar-refractivity contribution < 1.29 is 4.79 Å². The fourth-order valence-electron chi connectivity index (χ4n) is 3.58. The number of urea groups is 1. The van der Waals surface area contributed by atoms with E-state index >= 15 is 0 Å². The number of aromatic nitrogens is 3. The van der Waals surface area contributed by atoms with E-state index in [4.69, 9.17) is 5.73 Å². The fourth-order valence-corrected chi connectivity index (χ4v) is 3.58. The second-order valence-electron chi connectivity index (χ2n) is 7.45. The number of carbonyl (C=O) groups excluding carboxylic acids is 1. The van der Waals surface area contributed by atoms with Crippen molar-refractivity contribution in [2.45, 2.75) is 58.4 Å². The van der Waals surface area contributed by atoms with Crippen LogP contribution in [0.25, 0.3) is 21.9 Å². The average Bonchev–Trinajstić information content (AvgIpc) is 3.15. The summed E-state index contributed by atoms with van der Waals surface area (Å²) in [5, 5.41) is 6.93. The van der Waals surface area contributed by atoms with Gasteiger partial charge in [-0.05, 0) is 25.3 Å². The Kier molecular flexibility index (Phi) is 7.67. The van der Waals surface area contributed by atoms with Gasteiger partial charge in [-0.3, -0.25) is 0 Å². The van der Waals surface area contributed by atoms with Crippen molar-refractivity contribution in [2.24, 2.45) is 0 Å². The molecule has 0 radical (unpaired) electrons. The number of amides is 2. The second-order valence-corrected chi connectivity index (χ2v) is 7.45. The number of hydrogen-bond donors (Lipinski definition) is 3. The molecule has 0 bridgehead atoms. The van der Waals surface area contributed by atoms with Crippen molar-refractivity contribution in [2.75, 3.05) is 18.8 Å². The van der Waals surface area contributed by atoms with Crippen molar-refractivity contribution in [3.05, 3.63) is 30.6 Å². The molecule has 3 rings (SSSR count). The maximum Gasteiger partial charge on any atom is 0.314 e. The lowest BCUT2D eigenvalue weighted by molar-refractivity contribution is 0.240. The monoisotopic (exact) mass is 396 g/mol. The number of unbranched alkanes of at least 4 members (excludes halogenated alkanes) is 5. The number of anilines is 1. The van der Waals surface area contributed by atoms with E-state index in [0.29, 0.717) is 12.4 Å². The van der Waals surface area contributed by atoms with Crippen molar-refractivity contribution in [3.63, 3.8) is 0 Å². The van der Waals surface area contributed by atoms with Crippen LogP contribution in [-0.4, -0.2) is 33.7 Å². The summed E-state index contributed by atoms with van der Waals surface area (Å²) < 4.78 is 2.13. The first-order valence-electron chi connectivity index (χ1n) is 10.7. The molecule has 156 valence electrons. The molecule has 29 heavy (non-hydrogen) atoms. The van der Waals surface area contributed by atoms with Gasteiger partial charge in [0.2, 0.25) is 0 Å². The molecule has 2 amide bonds. The summed E-state index contributed by atoms with van der Waals surface area (Å²) in [7, 11) is 0. The molecule has 2 aromatic heterocycles. The molecule has 1 aromatic carbocycles. The van der Waals surface area contributed by atoms with Gasteiger partial charge in [-0.1, -0.05) is 50.8 Å². The van der Waals surface area contributed by atoms with Crippen LogP contribution >= 0.6 is 0 Å². The van der Waals surface area contributed by atoms with E-state index in [1.165, 1.54) is 25.7 Å². The van der Waals surface area contributed by atoms with Crippen LogP contribution in [0.1, 0.15) is 51.9 Å². The molecule has 0 aliphatic heterocycles. The summed E-state index contributed by atoms with van der Waals surface area (Å²) in [4.78, 5) is 20.7. The predicted octanol–water partition coefficient (Wildman–Crippen LogP) is 4.22. The third-order valence-electron chi connectivity index (χ3n) is 5.16. The molecule has 7 heteroatoms. The fraction of sp³-hybridized carbons (Fsp3) is 0.500. The Hall–Kier alpha value is -2.83. The molecule has 0 saturated carbocycles. The van der Waals surface area contributed by atoms with Gasteiger partial charge in [0, 0.05) is 25.0 Å². The van der Waals surface area contributed by atoms with Gasteiger partial charge in [0.05, 0.1) is 17.4 Å². The highest BCUT2D eigenvalue weighted by Crippen LogP contribution is 2.27. The smallest absolute Gasteiger partial charge is 0.314 e. The molecule has 0 aliphatic carbocycles. The minimum Gasteiger partial charge on any atom is -0.382 e. The van der Waals surface area contributed by atoms with Crippen LogP contribution in [0.15, 0.2) is 30.6 Å². The first-order valence-corrected chi connectivity index (χ1v) is 10.7. The number of aryl methyl sites for hydroxylation is 1. The van der Waals surface area contributed by atoms with E-state index in [1.807, 2.05) is 24.5 Å². The molecule has 0 spiro atoms. The number of nitrogens with zero attached hydrogens (tertiary/aromatic N) is 3. The van der Waals surface area contributed by atoms with E-state index in [1.54, 1.807) is 0 Å². The molecule has 7 nitrogen and oxygen atoms in total. The number of hydrogen-bond acceptors (Lipinski definition) is 4. The number of benzene rings is 1. The molecule has 0 aliphatic rings. The Labute approximate surface area is 172 Å². The molecule has 3 aromatic rings. The van der Waals surface area contributed by atoms with Crippen LogP contribution in [0.4, 0.5) is 10.6 Å². The minimum absolute atomic E-state index is 0.0709. The summed E-state index contributed by atoms with van der Waals surface area (Å²) in [6.45, 7) is 4.44. The number of nitrogen functional groups attached to an aromatic ring is 1. The van der Waals surface area contributed by atoms with E-state index in [9.17, 15) is 4.79 Å². The topological polar surface area (TPSA) is 97.9 Å². The quantitative estimate of drug-likeness (QED) is 0.423. The number of nitrogens with two attached hydrogens (primary N) is 1. The first kappa shape index (κ1) is 20.9. The van der Waals surface area contributed by atoms with Gasteiger partial charge in [-0.25, -0.2) is 14.8 Å². The molecule has 0 fully saturated rings. The van der Waals surface area contributed by atoms with E-state index < -0.39 is 0 Å². The summed E-state index contributed by atoms with van der Waals surface area (Å²) in [6.07, 6.45) is 9.67. The highest BCUT2D eigenvalue weighted by molar-refractivity contribution is 6.06. The molecule has 0 atom stereocenters. The van der Waals surface area contributed by atoms with Crippen LogP contribution in [0, 0.1) is 0 Å². The molecule has 4 N–H and O–H groups in total. The lowest BCUT2D eigenvalue weighted by Crippen LogP contribution is -2.36. The van der Waals surface area contributed by atoms with Crippen LogP contribution in [-0.2, 0) is 6.54 Å². The molecular formula is C22H32N6O. The van der Waals surface area contributed by atoms with Crippen LogP contribution in [0.2, 0.25) is 0 Å². The Bertz CT molecular complexity index is 936. The molecule has 0 unspecified atom stereocenters. The molecule has 2 heterocycles. The average molecular weight is 397 g/mol. The Morgan fingerprint density at radius 3 is 2.55 bits per heavy atom. The highest BCUT2D eigenvalue weighted by atomic mass is 16.2. The number of carbonyl (C=O) groups is 1. The van der Waals surface area contributed by atoms with Gasteiger partial charge in [0.1, 0.15) is 5.52 Å². The second kappa shape index (κ2) is 10.6. The van der Waals surface area contributed by atoms with Crippen molar-refractivity contribution in [1.29, 1.82) is 0 Å². The van der Waals surface area contributed by atoms with Crippen LogP contribution in [0.5, 0.6) is 0 Å². The third kappa shape index (κ3) is 5.59. The zero-order chi connectivity index (χ0) is 20.5. The zero-order valence-corrected chi connectivity index (χ0v) is 17.3. The predicted molar refractivity (Wildman–Crippen MR) is 119 cm³/mol. The lowest BCUT2D eigenvalue weighted by atomic mass is 10.1. The van der Waals surface area contributed by atoms with Gasteiger partial charge >= 0.3 is 6.03 Å². The lowest BCUT2D eigenvalue weighted by Gasteiger charge is -2.09. The maximum atomic E-state index is 11.8. The maximum absolute atomic E-state index is 11.8. The van der Waals surface area contributed by atoms with Crippen molar-refractivity contribution in [1.82, 2.24) is 25.2 Å². The van der Waals surface area contributed by atoms with E-state index in [0.717, 1.165) is 54.3 Å². The number of para-hydroxylation sites is 1. The standard InChI is InChI=1S/C22H32N6O/c1-2-3-4-5-8-13-24-22(29)25-14-9-10-15-28-16-26-19-20(28)17-11-6-7-12-18(17)27-21(19)23/h6-7,11-12,16H,2-5,8-10,13-15H2,1H3,(H2,23,27)(H2,24,25,29). The summed E-state index contributed by atoms with van der Waals surface area (Å²) >= 11 is 0. The van der Waals surface area contributed by atoms with Gasteiger partial charge < -0.3 is 20.9 Å². The van der Waals surface area contributed by atoms with Gasteiger partial charge in [0.15, 0.2) is 5.82 Å². The largest absolute Gasteiger partial charge is 0.382 e. The van der Waals surface area contributed by atoms with E-state index in [-0.39, 0.29) is 6.03 Å². The molecule has 0 saturated heterocycles. The summed E-state index contributed by atoms with van der Waals surface area (Å²) in [5.74, 6) is 0.463. The van der Waals surface area contributed by atoms with Crippen LogP contribution < -0.4 is 16.4 Å². The Balaban J connectivity index is 1.42. The van der Waals surface area contributed by atoms with Crippen LogP contribution in [0.3, 0.4) is 0 Å². The van der Waals surface area contributed by atoms with Crippen molar-refractivity contribution >= 4 is 33.8 Å². The summed E-state index contributed by atoms with van der Waals surface area (Å²) in [5.41, 5.74) is 8.74. The minimum atomic E-state index is -0.0709. The number of imidazole rings is 1. The number of nitrogens with one attached hydrogen (secondary N) is 2. The molecular weight excluding hydrogens is 364 g/mol. The first-order chi connectivity index (χ1) is 14.2. The number of rotatable bonds is 11. The normalized spacial score (nSPS) is 11.2. The number of fused-ring (bicyclic) bond motifs is 3. The van der Waals surface area contributed by atoms with E-state index in [2.05, 4.69) is 38.2 Å². The van der Waals surface area contributed by atoms with Gasteiger partial charge in [0.25, 0.3) is 0 Å². The number of pyridine rings is 1. The van der Waals surface area contributed by atoms with Gasteiger partial charge in [-0.15, -0.1) is 0 Å². The zero-order valence-electron chi connectivity index (χ0n) is 17.3. The highest BCUT2D eigenvalue weighted by Gasteiger charge is 2.11. The third-order valence-corrected chi connectivity index (χ3v) is 5.16. The SMILES string of the molecule is CCCCCCCNC(=O)NCCCCn1cnc2c(N)nc3ccccc3c21. The Morgan fingerprint density at radius 2 is 1.76 bits per heavy atom. The van der Waals surface area contributed by atoms with Crippen molar-refractivity contribution in [3.8, 4) is 0 Å². The summed E-state index contributed by atoms with van der Waals surface area (Å²) in [6, 6.07) is 7.91.